The van der Waals surface area contributed by atoms with Gasteiger partial charge < -0.3 is 14.5 Å². The highest BCUT2D eigenvalue weighted by atomic mass is 16.5. The average Bonchev–Trinajstić information content (AvgIpc) is 3.30. The molecule has 4 aromatic rings. The molecule has 1 aromatic carbocycles. The molecule has 0 amide bonds. The third-order valence-corrected chi connectivity index (χ3v) is 3.96. The number of hydrogen-bond donors (Lipinski definition) is 1. The fourth-order valence-corrected chi connectivity index (χ4v) is 2.82. The molecule has 26 heavy (non-hydrogen) atoms. The minimum atomic E-state index is 0.575. The Hall–Kier alpha value is -3.35. The highest BCUT2D eigenvalue weighted by Crippen LogP contribution is 2.33. The van der Waals surface area contributed by atoms with Crippen LogP contribution in [-0.2, 0) is 0 Å². The van der Waals surface area contributed by atoms with Gasteiger partial charge in [0.05, 0.1) is 36.9 Å². The van der Waals surface area contributed by atoms with Crippen molar-refractivity contribution in [3.8, 4) is 34.1 Å². The number of rotatable bonds is 6. The lowest BCUT2D eigenvalue weighted by molar-refractivity contribution is 0.288. The largest absolute Gasteiger partial charge is 0.490 e. The second-order valence-corrected chi connectivity index (χ2v) is 5.62. The van der Waals surface area contributed by atoms with Crippen LogP contribution in [0.4, 0.5) is 0 Å². The number of fused-ring (bicyclic) bond motifs is 1. The summed E-state index contributed by atoms with van der Waals surface area (Å²) in [6.45, 7) is 5.07. The molecule has 3 heterocycles. The molecule has 0 saturated heterocycles. The minimum Gasteiger partial charge on any atom is -0.490 e. The standard InChI is InChI=1S/C19H19N5O2/c1-3-25-16-7-6-13(10-17(16)26-4-2)15-12-21-18(23-15)14-11-22-24-9-5-8-20-19(14)24/h5-12H,3-4H2,1-2H3,(H,21,23). The monoisotopic (exact) mass is 349 g/mol. The van der Waals surface area contributed by atoms with E-state index >= 15 is 0 Å². The number of hydrogen-bond acceptors (Lipinski definition) is 5. The van der Waals surface area contributed by atoms with Crippen LogP contribution in [0.15, 0.2) is 49.1 Å². The molecule has 0 atom stereocenters. The Morgan fingerprint density at radius 1 is 1.04 bits per heavy atom. The van der Waals surface area contributed by atoms with Crippen molar-refractivity contribution in [3.63, 3.8) is 0 Å². The van der Waals surface area contributed by atoms with E-state index in [-0.39, 0.29) is 0 Å². The normalized spacial score (nSPS) is 11.0. The summed E-state index contributed by atoms with van der Waals surface area (Å²) in [5, 5.41) is 4.31. The number of aromatic nitrogens is 5. The number of benzene rings is 1. The minimum absolute atomic E-state index is 0.575. The summed E-state index contributed by atoms with van der Waals surface area (Å²) in [6, 6.07) is 7.70. The second-order valence-electron chi connectivity index (χ2n) is 5.62. The molecule has 0 bridgehead atoms. The van der Waals surface area contributed by atoms with Crippen molar-refractivity contribution in [1.82, 2.24) is 24.6 Å². The van der Waals surface area contributed by atoms with Gasteiger partial charge in [0.2, 0.25) is 0 Å². The molecule has 7 nitrogen and oxygen atoms in total. The average molecular weight is 349 g/mol. The van der Waals surface area contributed by atoms with Crippen LogP contribution in [0.1, 0.15) is 13.8 Å². The third-order valence-electron chi connectivity index (χ3n) is 3.96. The van der Waals surface area contributed by atoms with E-state index in [2.05, 4.69) is 20.1 Å². The fraction of sp³-hybridized carbons (Fsp3) is 0.211. The van der Waals surface area contributed by atoms with Crippen LogP contribution < -0.4 is 9.47 Å². The zero-order chi connectivity index (χ0) is 17.9. The summed E-state index contributed by atoms with van der Waals surface area (Å²) in [4.78, 5) is 12.2. The van der Waals surface area contributed by atoms with Gasteiger partial charge in [0.1, 0.15) is 5.82 Å². The summed E-state index contributed by atoms with van der Waals surface area (Å²) >= 11 is 0. The van der Waals surface area contributed by atoms with Crippen LogP contribution in [0.5, 0.6) is 11.5 Å². The fourth-order valence-electron chi connectivity index (χ4n) is 2.82. The van der Waals surface area contributed by atoms with Crippen molar-refractivity contribution in [2.45, 2.75) is 13.8 Å². The molecular formula is C19H19N5O2. The van der Waals surface area contributed by atoms with E-state index in [4.69, 9.17) is 9.47 Å². The Morgan fingerprint density at radius 2 is 1.88 bits per heavy atom. The predicted molar refractivity (Wildman–Crippen MR) is 98.3 cm³/mol. The van der Waals surface area contributed by atoms with Crippen molar-refractivity contribution in [2.75, 3.05) is 13.2 Å². The topological polar surface area (TPSA) is 77.3 Å². The van der Waals surface area contributed by atoms with E-state index in [0.717, 1.165) is 39.8 Å². The highest BCUT2D eigenvalue weighted by Gasteiger charge is 2.13. The molecule has 0 fully saturated rings. The van der Waals surface area contributed by atoms with Gasteiger partial charge in [0, 0.05) is 18.0 Å². The van der Waals surface area contributed by atoms with Gasteiger partial charge in [-0.1, -0.05) is 0 Å². The van der Waals surface area contributed by atoms with Gasteiger partial charge in [-0.05, 0) is 38.1 Å². The zero-order valence-corrected chi connectivity index (χ0v) is 14.6. The Balaban J connectivity index is 1.71. The van der Waals surface area contributed by atoms with Crippen LogP contribution in [0.25, 0.3) is 28.3 Å². The first-order chi connectivity index (χ1) is 12.8. The van der Waals surface area contributed by atoms with Crippen molar-refractivity contribution in [3.05, 3.63) is 49.1 Å². The summed E-state index contributed by atoms with van der Waals surface area (Å²) in [6.07, 6.45) is 7.16. The van der Waals surface area contributed by atoms with Crippen LogP contribution in [0, 0.1) is 0 Å². The summed E-state index contributed by atoms with van der Waals surface area (Å²) in [5.74, 6) is 2.19. The second kappa shape index (κ2) is 6.87. The van der Waals surface area contributed by atoms with Crippen molar-refractivity contribution >= 4 is 5.65 Å². The first kappa shape index (κ1) is 16.1. The number of H-pyrrole nitrogens is 1. The molecular weight excluding hydrogens is 330 g/mol. The number of ether oxygens (including phenoxy) is 2. The van der Waals surface area contributed by atoms with Gasteiger partial charge in [-0.2, -0.15) is 5.10 Å². The van der Waals surface area contributed by atoms with Crippen molar-refractivity contribution in [1.29, 1.82) is 0 Å². The van der Waals surface area contributed by atoms with Crippen molar-refractivity contribution in [2.24, 2.45) is 0 Å². The maximum absolute atomic E-state index is 5.71. The quantitative estimate of drug-likeness (QED) is 0.576. The number of nitrogens with zero attached hydrogens (tertiary/aromatic N) is 4. The Bertz CT molecular complexity index is 1040. The van der Waals surface area contributed by atoms with Gasteiger partial charge in [-0.25, -0.2) is 14.5 Å². The van der Waals surface area contributed by atoms with E-state index in [1.165, 1.54) is 0 Å². The SMILES string of the molecule is CCOc1ccc(-c2cnc(-c3cnn4cccnc34)[nH]2)cc1OCC. The zero-order valence-electron chi connectivity index (χ0n) is 14.6. The lowest BCUT2D eigenvalue weighted by Gasteiger charge is -2.11. The highest BCUT2D eigenvalue weighted by molar-refractivity contribution is 5.74. The molecule has 4 rings (SSSR count). The molecule has 1 N–H and O–H groups in total. The van der Waals surface area contributed by atoms with Crippen LogP contribution in [0.2, 0.25) is 0 Å². The number of imidazole rings is 1. The Kier molecular flexibility index (Phi) is 4.27. The van der Waals surface area contributed by atoms with Crippen LogP contribution >= 0.6 is 0 Å². The molecule has 0 saturated carbocycles. The molecule has 3 aromatic heterocycles. The lowest BCUT2D eigenvalue weighted by atomic mass is 10.1. The molecule has 0 unspecified atom stereocenters. The Labute approximate surface area is 150 Å². The molecule has 0 aliphatic rings. The van der Waals surface area contributed by atoms with E-state index in [9.17, 15) is 0 Å². The lowest BCUT2D eigenvalue weighted by Crippen LogP contribution is -1.98. The van der Waals surface area contributed by atoms with Gasteiger partial charge >= 0.3 is 0 Å². The predicted octanol–water partition coefficient (Wildman–Crippen LogP) is 3.58. The van der Waals surface area contributed by atoms with Gasteiger partial charge in [-0.3, -0.25) is 0 Å². The summed E-state index contributed by atoms with van der Waals surface area (Å²) < 4.78 is 13.1. The maximum Gasteiger partial charge on any atom is 0.165 e. The van der Waals surface area contributed by atoms with Crippen LogP contribution in [-0.4, -0.2) is 37.8 Å². The van der Waals surface area contributed by atoms with E-state index in [1.54, 1.807) is 23.1 Å². The van der Waals surface area contributed by atoms with Crippen LogP contribution in [0.3, 0.4) is 0 Å². The smallest absolute Gasteiger partial charge is 0.165 e. The molecule has 0 radical (unpaired) electrons. The number of nitrogens with one attached hydrogen (secondary N) is 1. The summed E-state index contributed by atoms with van der Waals surface area (Å²) in [7, 11) is 0. The molecule has 132 valence electrons. The first-order valence-electron chi connectivity index (χ1n) is 8.54. The van der Waals surface area contributed by atoms with Gasteiger partial charge in [0.25, 0.3) is 0 Å². The third kappa shape index (κ3) is 2.88. The maximum atomic E-state index is 5.71. The Morgan fingerprint density at radius 3 is 2.73 bits per heavy atom. The first-order valence-corrected chi connectivity index (χ1v) is 8.54. The van der Waals surface area contributed by atoms with Gasteiger partial charge in [0.15, 0.2) is 17.1 Å². The number of aromatic amines is 1. The molecule has 0 spiro atoms. The molecule has 0 aliphatic heterocycles. The van der Waals surface area contributed by atoms with E-state index < -0.39 is 0 Å². The van der Waals surface area contributed by atoms with Gasteiger partial charge in [-0.15, -0.1) is 0 Å². The summed E-state index contributed by atoms with van der Waals surface area (Å²) in [5.41, 5.74) is 3.47. The van der Waals surface area contributed by atoms with Crippen molar-refractivity contribution < 1.29 is 9.47 Å². The molecule has 7 heteroatoms. The molecule has 0 aliphatic carbocycles. The van der Waals surface area contributed by atoms with E-state index in [1.807, 2.05) is 44.3 Å². The van der Waals surface area contributed by atoms with E-state index in [0.29, 0.717) is 13.2 Å².